The third kappa shape index (κ3) is 3.40. The molecular weight excluding hydrogens is 354 g/mol. The van der Waals surface area contributed by atoms with Crippen molar-refractivity contribution in [2.75, 3.05) is 19.5 Å². The lowest BCUT2D eigenvalue weighted by Crippen LogP contribution is -2.12. The molecular formula is C22H19N3O3. The second-order valence-electron chi connectivity index (χ2n) is 6.20. The van der Waals surface area contributed by atoms with Crippen LogP contribution < -0.4 is 14.8 Å². The van der Waals surface area contributed by atoms with Gasteiger partial charge >= 0.3 is 0 Å². The number of carbonyl (C=O) groups excluding carboxylic acids is 1. The summed E-state index contributed by atoms with van der Waals surface area (Å²) >= 11 is 0. The molecule has 3 aromatic carbocycles. The molecule has 0 saturated carbocycles. The summed E-state index contributed by atoms with van der Waals surface area (Å²) in [6.45, 7) is 0. The van der Waals surface area contributed by atoms with Gasteiger partial charge in [0.1, 0.15) is 17.3 Å². The molecule has 1 aromatic heterocycles. The number of ether oxygens (including phenoxy) is 2. The number of aromatic nitrogens is 2. The molecule has 0 aliphatic heterocycles. The van der Waals surface area contributed by atoms with E-state index in [1.165, 1.54) is 0 Å². The predicted octanol–water partition coefficient (Wildman–Crippen LogP) is 4.50. The molecule has 4 aromatic rings. The van der Waals surface area contributed by atoms with E-state index in [9.17, 15) is 4.79 Å². The number of methoxy groups -OCH3 is 2. The first-order valence-corrected chi connectivity index (χ1v) is 8.76. The third-order valence-corrected chi connectivity index (χ3v) is 4.46. The number of fused-ring (bicyclic) bond motifs is 1. The van der Waals surface area contributed by atoms with Crippen LogP contribution in [-0.4, -0.2) is 30.1 Å². The molecule has 2 N–H and O–H groups in total. The van der Waals surface area contributed by atoms with Crippen LogP contribution in [0, 0.1) is 0 Å². The van der Waals surface area contributed by atoms with E-state index in [-0.39, 0.29) is 5.91 Å². The van der Waals surface area contributed by atoms with Gasteiger partial charge in [0.2, 0.25) is 0 Å². The summed E-state index contributed by atoms with van der Waals surface area (Å²) in [7, 11) is 3.13. The number of H-pyrrole nitrogens is 1. The molecule has 0 bridgehead atoms. The molecule has 4 rings (SSSR count). The van der Waals surface area contributed by atoms with Crippen LogP contribution in [0.5, 0.6) is 11.5 Å². The molecule has 6 heteroatoms. The molecule has 0 spiro atoms. The minimum atomic E-state index is -0.234. The second-order valence-corrected chi connectivity index (χ2v) is 6.20. The van der Waals surface area contributed by atoms with Crippen molar-refractivity contribution in [3.05, 3.63) is 72.3 Å². The first-order chi connectivity index (χ1) is 13.7. The number of carbonyl (C=O) groups is 1. The number of hydrogen-bond acceptors (Lipinski definition) is 4. The van der Waals surface area contributed by atoms with Crippen molar-refractivity contribution < 1.29 is 14.3 Å². The standard InChI is InChI=1S/C22H19N3O3/c1-27-16-11-12-20(28-2)19(13-16)25-22(26)15-9-7-14(8-10-15)21-23-17-5-3-4-6-18(17)24-21/h3-13H,1-2H3,(H,23,24)(H,25,26). The molecule has 0 atom stereocenters. The fraction of sp³-hybridized carbons (Fsp3) is 0.0909. The summed E-state index contributed by atoms with van der Waals surface area (Å²) in [4.78, 5) is 20.5. The summed E-state index contributed by atoms with van der Waals surface area (Å²) in [6.07, 6.45) is 0. The molecule has 1 amide bonds. The number of anilines is 1. The monoisotopic (exact) mass is 373 g/mol. The minimum absolute atomic E-state index is 0.234. The molecule has 0 fully saturated rings. The number of amides is 1. The van der Waals surface area contributed by atoms with Crippen molar-refractivity contribution in [1.82, 2.24) is 9.97 Å². The predicted molar refractivity (Wildman–Crippen MR) is 109 cm³/mol. The largest absolute Gasteiger partial charge is 0.497 e. The number of hydrogen-bond donors (Lipinski definition) is 2. The number of imidazole rings is 1. The number of rotatable bonds is 5. The zero-order valence-electron chi connectivity index (χ0n) is 15.5. The topological polar surface area (TPSA) is 76.2 Å². The van der Waals surface area contributed by atoms with Crippen molar-refractivity contribution in [3.8, 4) is 22.9 Å². The number of aromatic amines is 1. The lowest BCUT2D eigenvalue weighted by molar-refractivity contribution is 0.102. The van der Waals surface area contributed by atoms with E-state index >= 15 is 0 Å². The van der Waals surface area contributed by atoms with E-state index < -0.39 is 0 Å². The lowest BCUT2D eigenvalue weighted by atomic mass is 10.1. The van der Waals surface area contributed by atoms with Gasteiger partial charge < -0.3 is 19.8 Å². The van der Waals surface area contributed by atoms with Crippen LogP contribution in [-0.2, 0) is 0 Å². The first-order valence-electron chi connectivity index (χ1n) is 8.76. The molecule has 6 nitrogen and oxygen atoms in total. The molecule has 28 heavy (non-hydrogen) atoms. The zero-order valence-corrected chi connectivity index (χ0v) is 15.5. The quantitative estimate of drug-likeness (QED) is 0.540. The Labute approximate surface area is 162 Å². The Morgan fingerprint density at radius 3 is 2.46 bits per heavy atom. The maximum atomic E-state index is 12.6. The van der Waals surface area contributed by atoms with E-state index in [0.717, 1.165) is 22.4 Å². The molecule has 0 unspecified atom stereocenters. The number of benzene rings is 3. The van der Waals surface area contributed by atoms with Crippen molar-refractivity contribution in [3.63, 3.8) is 0 Å². The average Bonchev–Trinajstić information content (AvgIpc) is 3.18. The van der Waals surface area contributed by atoms with Crippen LogP contribution in [0.4, 0.5) is 5.69 Å². The lowest BCUT2D eigenvalue weighted by Gasteiger charge is -2.12. The Morgan fingerprint density at radius 2 is 1.75 bits per heavy atom. The van der Waals surface area contributed by atoms with Gasteiger partial charge in [0.05, 0.1) is 30.9 Å². The maximum Gasteiger partial charge on any atom is 0.255 e. The Morgan fingerprint density at radius 1 is 0.964 bits per heavy atom. The third-order valence-electron chi connectivity index (χ3n) is 4.46. The molecule has 0 radical (unpaired) electrons. The summed E-state index contributed by atoms with van der Waals surface area (Å²) in [6, 6.07) is 20.4. The van der Waals surface area contributed by atoms with Gasteiger partial charge in [-0.1, -0.05) is 24.3 Å². The fourth-order valence-electron chi connectivity index (χ4n) is 2.98. The average molecular weight is 373 g/mol. The van der Waals surface area contributed by atoms with Gasteiger partial charge in [-0.3, -0.25) is 4.79 Å². The van der Waals surface area contributed by atoms with Crippen molar-refractivity contribution in [2.45, 2.75) is 0 Å². The van der Waals surface area contributed by atoms with E-state index in [0.29, 0.717) is 22.7 Å². The first kappa shape index (κ1) is 17.6. The molecule has 140 valence electrons. The van der Waals surface area contributed by atoms with Gasteiger partial charge in [0.15, 0.2) is 0 Å². The summed E-state index contributed by atoms with van der Waals surface area (Å²) < 4.78 is 10.5. The highest BCUT2D eigenvalue weighted by atomic mass is 16.5. The number of nitrogens with one attached hydrogen (secondary N) is 2. The molecule has 0 aliphatic carbocycles. The van der Waals surface area contributed by atoms with Gasteiger partial charge in [-0.05, 0) is 36.4 Å². The zero-order chi connectivity index (χ0) is 19.5. The highest BCUT2D eigenvalue weighted by Gasteiger charge is 2.12. The van der Waals surface area contributed by atoms with E-state index in [2.05, 4.69) is 15.3 Å². The smallest absolute Gasteiger partial charge is 0.255 e. The van der Waals surface area contributed by atoms with Gasteiger partial charge in [0, 0.05) is 17.2 Å². The van der Waals surface area contributed by atoms with Crippen molar-refractivity contribution >= 4 is 22.6 Å². The van der Waals surface area contributed by atoms with Crippen LogP contribution in [0.25, 0.3) is 22.4 Å². The Bertz CT molecular complexity index is 1100. The van der Waals surface area contributed by atoms with Crippen molar-refractivity contribution in [2.24, 2.45) is 0 Å². The van der Waals surface area contributed by atoms with Crippen LogP contribution in [0.3, 0.4) is 0 Å². The molecule has 0 saturated heterocycles. The number of para-hydroxylation sites is 2. The SMILES string of the molecule is COc1ccc(OC)c(NC(=O)c2ccc(-c3nc4ccccc4[nH]3)cc2)c1. The summed E-state index contributed by atoms with van der Waals surface area (Å²) in [5, 5.41) is 2.87. The van der Waals surface area contributed by atoms with E-state index in [4.69, 9.17) is 9.47 Å². The second kappa shape index (κ2) is 7.44. The van der Waals surface area contributed by atoms with E-state index in [1.54, 1.807) is 44.6 Å². The minimum Gasteiger partial charge on any atom is -0.497 e. The van der Waals surface area contributed by atoms with Gasteiger partial charge in [-0.25, -0.2) is 4.98 Å². The highest BCUT2D eigenvalue weighted by molar-refractivity contribution is 6.05. The van der Waals surface area contributed by atoms with Gasteiger partial charge in [0.25, 0.3) is 5.91 Å². The molecule has 0 aliphatic rings. The van der Waals surface area contributed by atoms with Crippen LogP contribution in [0.15, 0.2) is 66.7 Å². The van der Waals surface area contributed by atoms with Crippen LogP contribution in [0.1, 0.15) is 10.4 Å². The van der Waals surface area contributed by atoms with Crippen LogP contribution >= 0.6 is 0 Å². The summed E-state index contributed by atoms with van der Waals surface area (Å²) in [5.41, 5.74) is 3.87. The Kier molecular flexibility index (Phi) is 4.68. The maximum absolute atomic E-state index is 12.6. The molecule has 1 heterocycles. The van der Waals surface area contributed by atoms with Crippen LogP contribution in [0.2, 0.25) is 0 Å². The highest BCUT2D eigenvalue weighted by Crippen LogP contribution is 2.29. The van der Waals surface area contributed by atoms with Gasteiger partial charge in [-0.2, -0.15) is 0 Å². The van der Waals surface area contributed by atoms with Gasteiger partial charge in [-0.15, -0.1) is 0 Å². The fourth-order valence-corrected chi connectivity index (χ4v) is 2.98. The van der Waals surface area contributed by atoms with Crippen molar-refractivity contribution in [1.29, 1.82) is 0 Å². The number of nitrogens with zero attached hydrogens (tertiary/aromatic N) is 1. The van der Waals surface area contributed by atoms with E-state index in [1.807, 2.05) is 36.4 Å². The normalized spacial score (nSPS) is 10.6. The Hall–Kier alpha value is -3.80. The summed E-state index contributed by atoms with van der Waals surface area (Å²) in [5.74, 6) is 1.73. The Balaban J connectivity index is 1.56.